The number of hydrogen-bond acceptors (Lipinski definition) is 7. The van der Waals surface area contributed by atoms with Gasteiger partial charge in [0.15, 0.2) is 0 Å². The van der Waals surface area contributed by atoms with Crippen molar-refractivity contribution in [2.75, 3.05) is 17.2 Å². The molecule has 1 fully saturated rings. The summed E-state index contributed by atoms with van der Waals surface area (Å²) in [5, 5.41) is 0. The summed E-state index contributed by atoms with van der Waals surface area (Å²) in [4.78, 5) is 29.2. The number of fused-ring (bicyclic) bond motifs is 1. The molecule has 2 aromatic rings. The molecule has 7 nitrogen and oxygen atoms in total. The van der Waals surface area contributed by atoms with E-state index in [-0.39, 0.29) is 27.3 Å². The van der Waals surface area contributed by atoms with E-state index >= 15 is 0 Å². The standard InChI is InChI=1S/C21H18N2O5S3/c1-13-6-8-14(9-7-13)12-23-16-5-3-2-4-15(16)17(19(23)24)18-20(25)22(21(29)30-18)10-11-31(26,27)28/h2-9H,10-12H2,1H3,(H,26,27,28)/p-1/b18-17-. The molecule has 2 aliphatic heterocycles. The maximum Gasteiger partial charge on any atom is 0.267 e. The Bertz CT molecular complexity index is 1240. The Morgan fingerprint density at radius 1 is 1.00 bits per heavy atom. The fraction of sp³-hybridized carbons (Fsp3) is 0.190. The second kappa shape index (κ2) is 8.19. The van der Waals surface area contributed by atoms with Gasteiger partial charge in [0.05, 0.1) is 38.6 Å². The average molecular weight is 474 g/mol. The van der Waals surface area contributed by atoms with Crippen LogP contribution in [0.3, 0.4) is 0 Å². The van der Waals surface area contributed by atoms with Gasteiger partial charge in [-0.25, -0.2) is 8.42 Å². The molecule has 0 unspecified atom stereocenters. The van der Waals surface area contributed by atoms with Gasteiger partial charge < -0.3 is 9.45 Å². The highest BCUT2D eigenvalue weighted by molar-refractivity contribution is 8.26. The van der Waals surface area contributed by atoms with Crippen LogP contribution in [0.4, 0.5) is 5.69 Å². The smallest absolute Gasteiger partial charge is 0.267 e. The van der Waals surface area contributed by atoms with E-state index in [4.69, 9.17) is 12.2 Å². The number of anilines is 1. The fourth-order valence-corrected chi connectivity index (χ4v) is 5.26. The van der Waals surface area contributed by atoms with Crippen molar-refractivity contribution in [1.82, 2.24) is 4.90 Å². The van der Waals surface area contributed by atoms with Gasteiger partial charge in [0.2, 0.25) is 0 Å². The monoisotopic (exact) mass is 473 g/mol. The molecule has 2 amide bonds. The van der Waals surface area contributed by atoms with Crippen molar-refractivity contribution >= 4 is 61.5 Å². The number of carbonyl (C=O) groups is 2. The molecule has 0 aromatic heterocycles. The van der Waals surface area contributed by atoms with Gasteiger partial charge in [-0.3, -0.25) is 14.5 Å². The number of benzene rings is 2. The van der Waals surface area contributed by atoms with Gasteiger partial charge >= 0.3 is 0 Å². The second-order valence-corrected chi connectivity index (χ2v) is 10.4. The summed E-state index contributed by atoms with van der Waals surface area (Å²) in [5.41, 5.74) is 3.61. The van der Waals surface area contributed by atoms with Crippen LogP contribution in [0.25, 0.3) is 5.57 Å². The van der Waals surface area contributed by atoms with E-state index in [0.717, 1.165) is 27.8 Å². The summed E-state index contributed by atoms with van der Waals surface area (Å²) in [6.07, 6.45) is 0. The summed E-state index contributed by atoms with van der Waals surface area (Å²) in [6.45, 7) is 1.99. The van der Waals surface area contributed by atoms with Gasteiger partial charge in [0.1, 0.15) is 4.32 Å². The van der Waals surface area contributed by atoms with E-state index in [0.29, 0.717) is 17.8 Å². The highest BCUT2D eigenvalue weighted by Crippen LogP contribution is 2.44. The maximum atomic E-state index is 13.4. The highest BCUT2D eigenvalue weighted by Gasteiger charge is 2.41. The van der Waals surface area contributed by atoms with E-state index in [9.17, 15) is 22.6 Å². The Morgan fingerprint density at radius 2 is 1.68 bits per heavy atom. The fourth-order valence-electron chi connectivity index (χ4n) is 3.48. The van der Waals surface area contributed by atoms with Crippen LogP contribution in [0.15, 0.2) is 53.4 Å². The Labute approximate surface area is 189 Å². The number of para-hydroxylation sites is 1. The van der Waals surface area contributed by atoms with Gasteiger partial charge in [-0.2, -0.15) is 0 Å². The van der Waals surface area contributed by atoms with Crippen molar-refractivity contribution in [3.8, 4) is 0 Å². The number of amides is 2. The summed E-state index contributed by atoms with van der Waals surface area (Å²) in [6, 6.07) is 15.0. The minimum Gasteiger partial charge on any atom is -0.748 e. The molecule has 0 N–H and O–H groups in total. The van der Waals surface area contributed by atoms with Crippen molar-refractivity contribution in [2.45, 2.75) is 13.5 Å². The lowest BCUT2D eigenvalue weighted by atomic mass is 10.1. The number of thioether (sulfide) groups is 1. The molecule has 0 atom stereocenters. The van der Waals surface area contributed by atoms with Crippen LogP contribution in [0.5, 0.6) is 0 Å². The summed E-state index contributed by atoms with van der Waals surface area (Å²) < 4.78 is 33.1. The predicted molar refractivity (Wildman–Crippen MR) is 122 cm³/mol. The Kier molecular flexibility index (Phi) is 5.73. The molecule has 10 heteroatoms. The lowest BCUT2D eigenvalue weighted by Gasteiger charge is -2.17. The number of aryl methyl sites for hydroxylation is 1. The first-order valence-electron chi connectivity index (χ1n) is 9.34. The van der Waals surface area contributed by atoms with Gasteiger partial charge in [-0.1, -0.05) is 72.0 Å². The third-order valence-electron chi connectivity index (χ3n) is 5.03. The third kappa shape index (κ3) is 4.29. The number of hydrogen-bond donors (Lipinski definition) is 0. The minimum absolute atomic E-state index is 0.124. The minimum atomic E-state index is -4.50. The number of rotatable bonds is 5. The van der Waals surface area contributed by atoms with Gasteiger partial charge in [-0.15, -0.1) is 0 Å². The van der Waals surface area contributed by atoms with Crippen molar-refractivity contribution in [1.29, 1.82) is 0 Å². The number of carbonyl (C=O) groups excluding carboxylic acids is 2. The number of thiocarbonyl (C=S) groups is 1. The zero-order valence-electron chi connectivity index (χ0n) is 16.4. The molecule has 0 radical (unpaired) electrons. The topological polar surface area (TPSA) is 97.8 Å². The summed E-state index contributed by atoms with van der Waals surface area (Å²) in [5.74, 6) is -1.63. The lowest BCUT2D eigenvalue weighted by molar-refractivity contribution is -0.122. The molecule has 0 bridgehead atoms. The van der Waals surface area contributed by atoms with E-state index in [1.54, 1.807) is 17.0 Å². The molecule has 0 spiro atoms. The molecule has 0 saturated carbocycles. The largest absolute Gasteiger partial charge is 0.748 e. The van der Waals surface area contributed by atoms with Crippen molar-refractivity contribution < 1.29 is 22.6 Å². The summed E-state index contributed by atoms with van der Waals surface area (Å²) in [7, 11) is -4.50. The van der Waals surface area contributed by atoms with Crippen LogP contribution >= 0.6 is 24.0 Å². The molecular formula is C21H17N2O5S3-. The first kappa shape index (κ1) is 21.7. The maximum absolute atomic E-state index is 13.4. The van der Waals surface area contributed by atoms with Crippen molar-refractivity contribution in [2.24, 2.45) is 0 Å². The first-order valence-corrected chi connectivity index (χ1v) is 12.1. The summed E-state index contributed by atoms with van der Waals surface area (Å²) >= 11 is 6.16. The van der Waals surface area contributed by atoms with E-state index in [2.05, 4.69) is 0 Å². The molecule has 2 aromatic carbocycles. The zero-order valence-corrected chi connectivity index (χ0v) is 18.9. The van der Waals surface area contributed by atoms with Gasteiger partial charge in [-0.05, 0) is 18.6 Å². The zero-order chi connectivity index (χ0) is 22.3. The average Bonchev–Trinajstić information content (AvgIpc) is 3.14. The van der Waals surface area contributed by atoms with Gasteiger partial charge in [0, 0.05) is 12.1 Å². The van der Waals surface area contributed by atoms with E-state index < -0.39 is 21.8 Å². The van der Waals surface area contributed by atoms with E-state index in [1.165, 1.54) is 0 Å². The number of nitrogens with zero attached hydrogens (tertiary/aromatic N) is 2. The molecule has 160 valence electrons. The normalized spacial score (nSPS) is 18.8. The van der Waals surface area contributed by atoms with Crippen LogP contribution in [0, 0.1) is 6.92 Å². The SMILES string of the molecule is Cc1ccc(CN2C(=O)/C(=C3\SC(=S)N(CCS(=O)(=O)[O-])C3=O)c3ccccc32)cc1. The highest BCUT2D eigenvalue weighted by atomic mass is 32.2. The Balaban J connectivity index is 1.71. The molecular weight excluding hydrogens is 456 g/mol. The van der Waals surface area contributed by atoms with Crippen molar-refractivity contribution in [3.05, 3.63) is 70.1 Å². The van der Waals surface area contributed by atoms with Crippen LogP contribution in [-0.2, 0) is 26.3 Å². The van der Waals surface area contributed by atoms with Crippen LogP contribution in [0.2, 0.25) is 0 Å². The van der Waals surface area contributed by atoms with Crippen LogP contribution in [-0.4, -0.2) is 46.3 Å². The van der Waals surface area contributed by atoms with Gasteiger partial charge in [0.25, 0.3) is 11.8 Å². The molecule has 4 rings (SSSR count). The van der Waals surface area contributed by atoms with E-state index in [1.807, 2.05) is 43.3 Å². The molecule has 1 saturated heterocycles. The molecule has 0 aliphatic carbocycles. The lowest BCUT2D eigenvalue weighted by Crippen LogP contribution is -2.33. The Hall–Kier alpha value is -2.53. The quantitative estimate of drug-likeness (QED) is 0.374. The van der Waals surface area contributed by atoms with Crippen LogP contribution < -0.4 is 4.90 Å². The molecule has 2 aliphatic rings. The van der Waals surface area contributed by atoms with Crippen LogP contribution in [0.1, 0.15) is 16.7 Å². The second-order valence-electron chi connectivity index (χ2n) is 7.18. The molecule has 31 heavy (non-hydrogen) atoms. The predicted octanol–water partition coefficient (Wildman–Crippen LogP) is 2.66. The Morgan fingerprint density at radius 3 is 2.35 bits per heavy atom. The molecule has 2 heterocycles. The first-order chi connectivity index (χ1) is 14.7. The van der Waals surface area contributed by atoms with Crippen molar-refractivity contribution in [3.63, 3.8) is 0 Å². The third-order valence-corrected chi connectivity index (χ3v) is 7.16.